The molecule has 1 N–H and O–H groups in total. The van der Waals surface area contributed by atoms with Gasteiger partial charge >= 0.3 is 11.8 Å². The Bertz CT molecular complexity index is 524. The molecule has 0 unspecified atom stereocenters. The Hall–Kier alpha value is -1.95. The van der Waals surface area contributed by atoms with Crippen LogP contribution >= 0.6 is 0 Å². The molecule has 1 aromatic heterocycles. The van der Waals surface area contributed by atoms with Crippen LogP contribution in [-0.2, 0) is 9.59 Å². The zero-order chi connectivity index (χ0) is 15.4. The third kappa shape index (κ3) is 4.01. The first-order chi connectivity index (χ1) is 9.97. The number of carbonyl (C=O) groups is 2. The lowest BCUT2D eigenvalue weighted by Crippen LogP contribution is -2.47. The van der Waals surface area contributed by atoms with Crippen molar-refractivity contribution in [3.63, 3.8) is 0 Å². The van der Waals surface area contributed by atoms with Crippen LogP contribution in [0.5, 0.6) is 0 Å². The average Bonchev–Trinajstić information content (AvgIpc) is 2.46. The zero-order valence-corrected chi connectivity index (χ0v) is 12.8. The molecule has 0 aliphatic carbocycles. The molecule has 2 amide bonds. The Morgan fingerprint density at radius 3 is 2.67 bits per heavy atom. The summed E-state index contributed by atoms with van der Waals surface area (Å²) < 4.78 is 0. The molecule has 6 heteroatoms. The summed E-state index contributed by atoms with van der Waals surface area (Å²) in [5.41, 5.74) is 0.983. The van der Waals surface area contributed by atoms with Crippen LogP contribution in [-0.4, -0.2) is 59.8 Å². The predicted octanol–water partition coefficient (Wildman–Crippen LogP) is 0.881. The third-order valence-corrected chi connectivity index (χ3v) is 3.91. The molecule has 2 heterocycles. The molecule has 1 saturated heterocycles. The molecule has 1 aliphatic heterocycles. The fourth-order valence-corrected chi connectivity index (χ4v) is 2.48. The first-order valence-electron chi connectivity index (χ1n) is 7.16. The number of anilines is 1. The van der Waals surface area contributed by atoms with Gasteiger partial charge in [-0.25, -0.2) is 4.98 Å². The topological polar surface area (TPSA) is 65.5 Å². The molecule has 0 saturated carbocycles. The van der Waals surface area contributed by atoms with E-state index < -0.39 is 11.8 Å². The molecule has 0 radical (unpaired) electrons. The second-order valence-electron chi connectivity index (χ2n) is 5.62. The number of aromatic nitrogens is 1. The predicted molar refractivity (Wildman–Crippen MR) is 80.9 cm³/mol. The van der Waals surface area contributed by atoms with E-state index in [1.165, 1.54) is 0 Å². The minimum atomic E-state index is -0.630. The SMILES string of the molecule is Cc1ccnc(NC(=O)C(=O)N(C)C2CCN(C)CC2)c1. The van der Waals surface area contributed by atoms with Crippen molar-refractivity contribution < 1.29 is 9.59 Å². The van der Waals surface area contributed by atoms with E-state index >= 15 is 0 Å². The van der Waals surface area contributed by atoms with Crippen LogP contribution in [0.4, 0.5) is 5.82 Å². The Labute approximate surface area is 125 Å². The number of piperidine rings is 1. The van der Waals surface area contributed by atoms with Gasteiger partial charge in [0.1, 0.15) is 5.82 Å². The Morgan fingerprint density at radius 1 is 1.38 bits per heavy atom. The van der Waals surface area contributed by atoms with Crippen LogP contribution in [0.25, 0.3) is 0 Å². The van der Waals surface area contributed by atoms with Crippen LogP contribution in [0.3, 0.4) is 0 Å². The molecule has 1 fully saturated rings. The lowest BCUT2D eigenvalue weighted by atomic mass is 10.0. The van der Waals surface area contributed by atoms with Crippen molar-refractivity contribution >= 4 is 17.6 Å². The summed E-state index contributed by atoms with van der Waals surface area (Å²) in [4.78, 5) is 32.0. The van der Waals surface area contributed by atoms with Crippen molar-refractivity contribution in [1.29, 1.82) is 0 Å². The number of nitrogens with one attached hydrogen (secondary N) is 1. The molecule has 2 rings (SSSR count). The minimum Gasteiger partial charge on any atom is -0.334 e. The van der Waals surface area contributed by atoms with Gasteiger partial charge in [0.15, 0.2) is 0 Å². The van der Waals surface area contributed by atoms with Crippen molar-refractivity contribution in [2.24, 2.45) is 0 Å². The second kappa shape index (κ2) is 6.67. The maximum Gasteiger partial charge on any atom is 0.315 e. The standard InChI is InChI=1S/C15H22N4O2/c1-11-4-7-16-13(10-11)17-14(20)15(21)19(3)12-5-8-18(2)9-6-12/h4,7,10,12H,5-6,8-9H2,1-3H3,(H,16,17,20). The van der Waals surface area contributed by atoms with Crippen LogP contribution < -0.4 is 5.32 Å². The normalized spacial score (nSPS) is 16.5. The van der Waals surface area contributed by atoms with Crippen LogP contribution in [0.15, 0.2) is 18.3 Å². The summed E-state index contributed by atoms with van der Waals surface area (Å²) in [6, 6.07) is 3.70. The van der Waals surface area contributed by atoms with Gasteiger partial charge in [-0.05, 0) is 57.6 Å². The molecule has 114 valence electrons. The van der Waals surface area contributed by atoms with Gasteiger partial charge in [-0.15, -0.1) is 0 Å². The van der Waals surface area contributed by atoms with Crippen LogP contribution in [0.2, 0.25) is 0 Å². The van der Waals surface area contributed by atoms with Crippen molar-refractivity contribution in [2.45, 2.75) is 25.8 Å². The molecule has 0 spiro atoms. The molecule has 21 heavy (non-hydrogen) atoms. The number of nitrogens with zero attached hydrogens (tertiary/aromatic N) is 3. The van der Waals surface area contributed by atoms with Gasteiger partial charge in [0.25, 0.3) is 0 Å². The van der Waals surface area contributed by atoms with E-state index in [2.05, 4.69) is 22.2 Å². The van der Waals surface area contributed by atoms with Crippen LogP contribution in [0, 0.1) is 6.92 Å². The highest BCUT2D eigenvalue weighted by Crippen LogP contribution is 2.14. The number of hydrogen-bond donors (Lipinski definition) is 1. The summed E-state index contributed by atoms with van der Waals surface area (Å²) in [6.07, 6.45) is 3.40. The van der Waals surface area contributed by atoms with Gasteiger partial charge in [-0.2, -0.15) is 0 Å². The van der Waals surface area contributed by atoms with Crippen molar-refractivity contribution in [2.75, 3.05) is 32.5 Å². The summed E-state index contributed by atoms with van der Waals surface area (Å²) in [7, 11) is 3.76. The first-order valence-corrected chi connectivity index (χ1v) is 7.16. The number of hydrogen-bond acceptors (Lipinski definition) is 4. The van der Waals surface area contributed by atoms with E-state index in [1.54, 1.807) is 24.2 Å². The molecule has 0 atom stereocenters. The molecular formula is C15H22N4O2. The van der Waals surface area contributed by atoms with Crippen molar-refractivity contribution in [1.82, 2.24) is 14.8 Å². The van der Waals surface area contributed by atoms with Crippen molar-refractivity contribution in [3.8, 4) is 0 Å². The summed E-state index contributed by atoms with van der Waals surface area (Å²) in [6.45, 7) is 3.80. The second-order valence-corrected chi connectivity index (χ2v) is 5.62. The highest BCUT2D eigenvalue weighted by atomic mass is 16.2. The van der Waals surface area contributed by atoms with E-state index in [9.17, 15) is 9.59 Å². The Kier molecular flexibility index (Phi) is 4.90. The summed E-state index contributed by atoms with van der Waals surface area (Å²) in [5.74, 6) is -0.729. The molecular weight excluding hydrogens is 268 g/mol. The average molecular weight is 290 g/mol. The highest BCUT2D eigenvalue weighted by Gasteiger charge is 2.27. The maximum absolute atomic E-state index is 12.2. The largest absolute Gasteiger partial charge is 0.334 e. The fourth-order valence-electron chi connectivity index (χ4n) is 2.48. The van der Waals surface area contributed by atoms with Gasteiger partial charge < -0.3 is 15.1 Å². The van der Waals surface area contributed by atoms with E-state index in [4.69, 9.17) is 0 Å². The van der Waals surface area contributed by atoms with Gasteiger partial charge in [-0.1, -0.05) is 0 Å². The van der Waals surface area contributed by atoms with Gasteiger partial charge in [-0.3, -0.25) is 9.59 Å². The quantitative estimate of drug-likeness (QED) is 0.821. The van der Waals surface area contributed by atoms with Crippen LogP contribution in [0.1, 0.15) is 18.4 Å². The Balaban J connectivity index is 1.94. The maximum atomic E-state index is 12.2. The van der Waals surface area contributed by atoms with E-state index in [0.717, 1.165) is 31.5 Å². The molecule has 6 nitrogen and oxygen atoms in total. The monoisotopic (exact) mass is 290 g/mol. The van der Waals surface area contributed by atoms with Gasteiger partial charge in [0.05, 0.1) is 0 Å². The zero-order valence-electron chi connectivity index (χ0n) is 12.8. The number of carbonyl (C=O) groups excluding carboxylic acids is 2. The van der Waals surface area contributed by atoms with E-state index in [1.807, 2.05) is 13.0 Å². The molecule has 1 aliphatic rings. The van der Waals surface area contributed by atoms with Gasteiger partial charge in [0.2, 0.25) is 0 Å². The number of likely N-dealkylation sites (tertiary alicyclic amines) is 1. The number of aryl methyl sites for hydroxylation is 1. The lowest BCUT2D eigenvalue weighted by Gasteiger charge is -2.34. The first kappa shape index (κ1) is 15.4. The van der Waals surface area contributed by atoms with Crippen molar-refractivity contribution in [3.05, 3.63) is 23.9 Å². The number of rotatable bonds is 2. The fraction of sp³-hybridized carbons (Fsp3) is 0.533. The summed E-state index contributed by atoms with van der Waals surface area (Å²) >= 11 is 0. The molecule has 0 aromatic carbocycles. The van der Waals surface area contributed by atoms with E-state index in [0.29, 0.717) is 5.82 Å². The summed E-state index contributed by atoms with van der Waals surface area (Å²) in [5, 5.41) is 2.56. The minimum absolute atomic E-state index is 0.130. The highest BCUT2D eigenvalue weighted by molar-refractivity contribution is 6.39. The number of amides is 2. The Morgan fingerprint density at radius 2 is 2.05 bits per heavy atom. The van der Waals surface area contributed by atoms with E-state index in [-0.39, 0.29) is 6.04 Å². The number of pyridine rings is 1. The molecule has 1 aromatic rings. The van der Waals surface area contributed by atoms with Gasteiger partial charge in [0, 0.05) is 19.3 Å². The number of likely N-dealkylation sites (N-methyl/N-ethyl adjacent to an activating group) is 1. The smallest absolute Gasteiger partial charge is 0.315 e. The lowest BCUT2D eigenvalue weighted by molar-refractivity contribution is -0.144. The molecule has 0 bridgehead atoms. The third-order valence-electron chi connectivity index (χ3n) is 3.91.